The zero-order valence-electron chi connectivity index (χ0n) is 63.0. The van der Waals surface area contributed by atoms with Gasteiger partial charge in [-0.2, -0.15) is 0 Å². The van der Waals surface area contributed by atoms with E-state index < -0.39 is 112 Å². The first-order valence-electron chi connectivity index (χ1n) is 37.5. The Labute approximate surface area is 621 Å². The van der Waals surface area contributed by atoms with Gasteiger partial charge in [-0.3, -0.25) is 47.8 Å². The summed E-state index contributed by atoms with van der Waals surface area (Å²) in [6, 6.07) is 8.63. The summed E-state index contributed by atoms with van der Waals surface area (Å²) in [4.78, 5) is 134. The number of nitrogens with zero attached hydrogens (tertiary/aromatic N) is 6. The maximum Gasteiger partial charge on any atom is 0.307 e. The fraction of sp³-hybridized carbons (Fsp3) is 0.641. The van der Waals surface area contributed by atoms with Crippen molar-refractivity contribution < 1.29 is 83.6 Å². The number of ketones is 2. The van der Waals surface area contributed by atoms with Crippen LogP contribution < -0.4 is 28.4 Å². The van der Waals surface area contributed by atoms with Crippen LogP contribution in [0, 0.1) is 58.2 Å². The molecule has 0 unspecified atom stereocenters. The van der Waals surface area contributed by atoms with Crippen LogP contribution in [0.25, 0.3) is 22.1 Å². The average Bonchev–Trinajstić information content (AvgIpc) is 1.58. The summed E-state index contributed by atoms with van der Waals surface area (Å²) in [6.07, 6.45) is 16.3. The minimum absolute atomic E-state index is 0.0419. The molecule has 4 saturated carbocycles. The molecule has 576 valence electrons. The van der Waals surface area contributed by atoms with Crippen molar-refractivity contribution in [3.63, 3.8) is 0 Å². The van der Waals surface area contributed by atoms with E-state index in [1.807, 2.05) is 38.2 Å². The van der Waals surface area contributed by atoms with Crippen LogP contribution in [0.2, 0.25) is 0 Å². The Morgan fingerprint density at radius 2 is 0.906 bits per heavy atom. The normalized spacial score (nSPS) is 30.3. The number of benzene rings is 2. The number of nitrogens with one attached hydrogen (secondary N) is 2. The molecule has 0 spiro atoms. The van der Waals surface area contributed by atoms with Crippen molar-refractivity contribution >= 4 is 89.2 Å². The molecule has 4 amide bonds. The van der Waals surface area contributed by atoms with Gasteiger partial charge in [-0.05, 0) is 166 Å². The first-order chi connectivity index (χ1) is 49.9. The summed E-state index contributed by atoms with van der Waals surface area (Å²) in [5, 5.41) is -1.20. The molecule has 106 heavy (non-hydrogen) atoms. The molecule has 8 aliphatic rings. The molecule has 28 heteroatoms. The summed E-state index contributed by atoms with van der Waals surface area (Å²) in [5.41, 5.74) is -1.64. The Hall–Kier alpha value is -8.14. The number of amides is 4. The van der Waals surface area contributed by atoms with Crippen LogP contribution in [0.3, 0.4) is 0 Å². The molecule has 2 N–H and O–H groups in total. The molecule has 6 heterocycles. The van der Waals surface area contributed by atoms with Crippen LogP contribution in [-0.2, 0) is 67.9 Å². The number of fused-ring (bicyclic) bond motifs is 6. The topological polar surface area (TPSA) is 342 Å². The molecule has 4 aliphatic carbocycles. The number of esters is 2. The van der Waals surface area contributed by atoms with Crippen molar-refractivity contribution in [3.05, 3.63) is 73.1 Å². The molecule has 26 nitrogen and oxygen atoms in total. The highest BCUT2D eigenvalue weighted by Crippen LogP contribution is 2.59. The van der Waals surface area contributed by atoms with Gasteiger partial charge in [-0.25, -0.2) is 36.8 Å². The number of ether oxygens (including phenoxy) is 6. The quantitative estimate of drug-likeness (QED) is 0.0778. The van der Waals surface area contributed by atoms with Gasteiger partial charge in [0, 0.05) is 37.8 Å². The summed E-state index contributed by atoms with van der Waals surface area (Å²) < 4.78 is 90.7. The van der Waals surface area contributed by atoms with Gasteiger partial charge < -0.3 is 38.2 Å². The van der Waals surface area contributed by atoms with Crippen molar-refractivity contribution in [2.24, 2.45) is 58.2 Å². The minimum Gasteiger partial charge on any atom is -0.497 e. The third-order valence-corrected chi connectivity index (χ3v) is 25.7. The number of hydrogen-bond donors (Lipinski definition) is 2. The summed E-state index contributed by atoms with van der Waals surface area (Å²) in [7, 11) is -4.60. The Balaban J connectivity index is 0.000000212. The highest BCUT2D eigenvalue weighted by Gasteiger charge is 2.63. The molecular formula is C78H104N8O18S2. The Kier molecular flexibility index (Phi) is 23.5. The Morgan fingerprint density at radius 3 is 1.25 bits per heavy atom. The van der Waals surface area contributed by atoms with E-state index in [9.17, 15) is 55.2 Å². The number of hydrogen-bond acceptors (Lipinski definition) is 22. The fourth-order valence-corrected chi connectivity index (χ4v) is 18.2. The van der Waals surface area contributed by atoms with Crippen molar-refractivity contribution in [3.8, 4) is 23.3 Å². The van der Waals surface area contributed by atoms with Crippen molar-refractivity contribution in [2.75, 3.05) is 27.3 Å². The van der Waals surface area contributed by atoms with E-state index in [4.69, 9.17) is 28.4 Å². The molecule has 2 aromatic carbocycles. The monoisotopic (exact) mass is 1500 g/mol. The highest BCUT2D eigenvalue weighted by atomic mass is 32.2. The maximum atomic E-state index is 14.7. The number of Topliss-reactive ketones (excluding diaryl/α,β-unsaturated/α-hetero) is 2. The maximum absolute atomic E-state index is 14.7. The number of methoxy groups -OCH3 is 2. The van der Waals surface area contributed by atoms with Crippen LogP contribution in [0.1, 0.15) is 185 Å². The average molecular weight is 1510 g/mol. The zero-order chi connectivity index (χ0) is 76.6. The predicted molar refractivity (Wildman–Crippen MR) is 392 cm³/mol. The second-order valence-electron chi connectivity index (χ2n) is 33.0. The molecular weight excluding hydrogens is 1400 g/mol. The lowest BCUT2D eigenvalue weighted by molar-refractivity contribution is -0.160. The van der Waals surface area contributed by atoms with Crippen molar-refractivity contribution in [1.29, 1.82) is 0 Å². The molecule has 2 saturated heterocycles. The highest BCUT2D eigenvalue weighted by molar-refractivity contribution is 7.91. The van der Waals surface area contributed by atoms with Gasteiger partial charge >= 0.3 is 11.9 Å². The lowest BCUT2D eigenvalue weighted by atomic mass is 9.84. The van der Waals surface area contributed by atoms with Gasteiger partial charge in [-0.1, -0.05) is 64.8 Å². The number of sulfonamides is 2. The summed E-state index contributed by atoms with van der Waals surface area (Å²) in [5.74, 6) is -4.44. The Morgan fingerprint density at radius 1 is 0.528 bits per heavy atom. The first-order valence-corrected chi connectivity index (χ1v) is 40.6. The van der Waals surface area contributed by atoms with Crippen LogP contribution in [0.5, 0.6) is 23.3 Å². The predicted octanol–water partition coefficient (Wildman–Crippen LogP) is 9.84. The van der Waals surface area contributed by atoms with E-state index in [0.717, 1.165) is 25.7 Å². The molecule has 4 aromatic rings. The Bertz CT molecular complexity index is 4050. The number of allylic oxidation sites excluding steroid dienone is 4. The van der Waals surface area contributed by atoms with Crippen LogP contribution in [0.15, 0.2) is 73.1 Å². The van der Waals surface area contributed by atoms with Crippen LogP contribution >= 0.6 is 0 Å². The molecule has 0 bridgehead atoms. The standard InChI is InChI=1S/2C39H52N4O9S/c2*1-23-8-7-9-24(2)29(18-35(45)52-38(3,4)5)36(46)43-22-27(51-34-21-40-30-15-12-26(50-6)16-31(30)41-34)17-32(43)33(44)20-39(19-25(39)11-10-23)37(47)42-53(48,49)28-13-14-28/h2*10-12,15-16,21,23-25,27-29,32H,7-9,13-14,17-20,22H2,1-6H3,(H,42,47)/b2*11-10-/t23-,24+,25+,27+,29-,32-,39+;23-,24-,25-,27-,29+,32+,39-/m01/s1. The SMILES string of the molecule is COc1ccc2ncc(O[C@@H]3C[C@H]4C(=O)C[C@]5(C(=O)NS(=O)(=O)C6CC6)C[C@H]5/C=C\[C@@H](C)CCC[C@@H](C)[C@H](CC(=O)OC(C)(C)C)C(=O)N4C3)nc2c1.COc1ccc2ncc(O[C@@H]3C[C@H]4C(=O)C[C@]5(C(=O)NS(=O)(=O)C6CC6)C[C@H]5/C=C\[C@H](C)CCC[C@@H](C)[C@H](CC(=O)OC(C)(C)C)C(=O)N4C3)nc2c1. The van der Waals surface area contributed by atoms with E-state index in [1.54, 1.807) is 92.2 Å². The zero-order valence-corrected chi connectivity index (χ0v) is 64.6. The number of carbonyl (C=O) groups is 8. The van der Waals surface area contributed by atoms with E-state index in [1.165, 1.54) is 22.2 Å². The van der Waals surface area contributed by atoms with Gasteiger partial charge in [0.25, 0.3) is 0 Å². The second-order valence-corrected chi connectivity index (χ2v) is 36.9. The third-order valence-electron chi connectivity index (χ3n) is 22.0. The van der Waals surface area contributed by atoms with E-state index in [2.05, 4.69) is 43.2 Å². The third kappa shape index (κ3) is 19.2. The van der Waals surface area contributed by atoms with Crippen molar-refractivity contribution in [1.82, 2.24) is 39.2 Å². The lowest BCUT2D eigenvalue weighted by Crippen LogP contribution is -2.47. The number of aromatic nitrogens is 4. The summed E-state index contributed by atoms with van der Waals surface area (Å²) in [6.45, 7) is 18.8. The largest absolute Gasteiger partial charge is 0.497 e. The van der Waals surface area contributed by atoms with Gasteiger partial charge in [0.2, 0.25) is 55.4 Å². The van der Waals surface area contributed by atoms with Gasteiger partial charge in [-0.15, -0.1) is 0 Å². The van der Waals surface area contributed by atoms with Gasteiger partial charge in [0.15, 0.2) is 11.6 Å². The number of carbonyl (C=O) groups excluding carboxylic acids is 8. The van der Waals surface area contributed by atoms with E-state index >= 15 is 0 Å². The van der Waals surface area contributed by atoms with Crippen molar-refractivity contribution in [2.45, 2.75) is 231 Å². The molecule has 14 atom stereocenters. The summed E-state index contributed by atoms with van der Waals surface area (Å²) >= 11 is 0. The van der Waals surface area contributed by atoms with Gasteiger partial charge in [0.1, 0.15) is 34.9 Å². The molecule has 6 fully saturated rings. The fourth-order valence-electron chi connectivity index (χ4n) is 15.4. The minimum atomic E-state index is -3.85. The van der Waals surface area contributed by atoms with E-state index in [0.29, 0.717) is 84.9 Å². The van der Waals surface area contributed by atoms with Crippen LogP contribution in [0.4, 0.5) is 0 Å². The number of rotatable bonds is 16. The molecule has 12 rings (SSSR count). The molecule has 4 aliphatic heterocycles. The first kappa shape index (κ1) is 78.9. The van der Waals surface area contributed by atoms with Crippen LogP contribution in [-0.4, -0.2) is 167 Å². The smallest absolute Gasteiger partial charge is 0.307 e. The van der Waals surface area contributed by atoms with Gasteiger partial charge in [0.05, 0.1) is 120 Å². The molecule has 2 aromatic heterocycles. The molecule has 0 radical (unpaired) electrons. The lowest BCUT2D eigenvalue weighted by Gasteiger charge is -2.32. The second kappa shape index (κ2) is 31.6. The van der Waals surface area contributed by atoms with E-state index in [-0.39, 0.29) is 122 Å².